The first kappa shape index (κ1) is 22.5. The normalized spacial score (nSPS) is 16.4. The number of amides is 1. The summed E-state index contributed by atoms with van der Waals surface area (Å²) >= 11 is 0. The van der Waals surface area contributed by atoms with E-state index in [0.29, 0.717) is 31.0 Å². The minimum absolute atomic E-state index is 0.0722. The molecule has 1 heterocycles. The molecule has 1 aliphatic heterocycles. The van der Waals surface area contributed by atoms with Crippen LogP contribution in [0.15, 0.2) is 88.9 Å². The fourth-order valence-electron chi connectivity index (χ4n) is 3.65. The Hall–Kier alpha value is -3.69. The van der Waals surface area contributed by atoms with E-state index in [2.05, 4.69) is 9.82 Å². The molecule has 33 heavy (non-hydrogen) atoms. The second-order valence-electron chi connectivity index (χ2n) is 7.63. The molecule has 1 amide bonds. The third-order valence-corrected chi connectivity index (χ3v) is 6.74. The molecular weight excluding hydrogens is 440 g/mol. The van der Waals surface area contributed by atoms with Crippen molar-refractivity contribution in [2.24, 2.45) is 10.9 Å². The Bertz CT molecular complexity index is 1240. The molecule has 1 fully saturated rings. The van der Waals surface area contributed by atoms with Gasteiger partial charge in [0.05, 0.1) is 11.1 Å². The van der Waals surface area contributed by atoms with Gasteiger partial charge in [0.2, 0.25) is 15.9 Å². The SMILES string of the molecule is NN=Cc1cccc(CN2CC[C@H](NS(=O)(=O)c3ccc(Oc4ccccc4)cc3)C2=O)c1. The second-order valence-corrected chi connectivity index (χ2v) is 9.35. The van der Waals surface area contributed by atoms with E-state index in [9.17, 15) is 13.2 Å². The van der Waals surface area contributed by atoms with Crippen LogP contribution in [0, 0.1) is 0 Å². The fraction of sp³-hybridized carbons (Fsp3) is 0.167. The van der Waals surface area contributed by atoms with Crippen molar-refractivity contribution in [3.8, 4) is 11.5 Å². The Morgan fingerprint density at radius 2 is 1.76 bits per heavy atom. The molecule has 0 aromatic heterocycles. The summed E-state index contributed by atoms with van der Waals surface area (Å²) in [5, 5.41) is 3.51. The second kappa shape index (κ2) is 9.85. The van der Waals surface area contributed by atoms with Gasteiger partial charge in [-0.1, -0.05) is 36.4 Å². The van der Waals surface area contributed by atoms with Gasteiger partial charge in [-0.25, -0.2) is 8.42 Å². The molecule has 3 aromatic rings. The number of para-hydroxylation sites is 1. The number of rotatable bonds is 8. The predicted octanol–water partition coefficient (Wildman–Crippen LogP) is 2.85. The first-order valence-corrected chi connectivity index (χ1v) is 11.9. The summed E-state index contributed by atoms with van der Waals surface area (Å²) in [6.45, 7) is 0.847. The van der Waals surface area contributed by atoms with Crippen molar-refractivity contribution in [1.29, 1.82) is 0 Å². The van der Waals surface area contributed by atoms with Crippen LogP contribution in [0.2, 0.25) is 0 Å². The van der Waals surface area contributed by atoms with Gasteiger partial charge in [-0.3, -0.25) is 4.79 Å². The summed E-state index contributed by atoms with van der Waals surface area (Å²) < 4.78 is 33.9. The molecule has 3 aromatic carbocycles. The summed E-state index contributed by atoms with van der Waals surface area (Å²) in [5.41, 5.74) is 1.75. The molecule has 3 N–H and O–H groups in total. The maximum atomic E-state index is 12.8. The lowest BCUT2D eigenvalue weighted by molar-refractivity contribution is -0.129. The molecule has 0 spiro atoms. The number of ether oxygens (including phenoxy) is 1. The molecule has 4 rings (SSSR count). The lowest BCUT2D eigenvalue weighted by Gasteiger charge is -2.17. The van der Waals surface area contributed by atoms with Gasteiger partial charge in [0.15, 0.2) is 0 Å². The van der Waals surface area contributed by atoms with E-state index in [0.717, 1.165) is 11.1 Å². The molecule has 0 saturated carbocycles. The zero-order chi connectivity index (χ0) is 23.3. The first-order valence-electron chi connectivity index (χ1n) is 10.4. The summed E-state index contributed by atoms with van der Waals surface area (Å²) in [5.74, 6) is 6.12. The van der Waals surface area contributed by atoms with Crippen LogP contribution < -0.4 is 15.3 Å². The number of hydrogen-bond donors (Lipinski definition) is 2. The molecule has 1 aliphatic rings. The van der Waals surface area contributed by atoms with Crippen LogP contribution in [-0.4, -0.2) is 38.0 Å². The number of carbonyl (C=O) groups is 1. The van der Waals surface area contributed by atoms with Crippen molar-refractivity contribution in [3.63, 3.8) is 0 Å². The van der Waals surface area contributed by atoms with Gasteiger partial charge in [0.1, 0.15) is 17.5 Å². The Balaban J connectivity index is 1.39. The number of nitrogens with zero attached hydrogens (tertiary/aromatic N) is 2. The average Bonchev–Trinajstić information content (AvgIpc) is 3.14. The standard InChI is InChI=1S/C24H24N4O4S/c25-26-16-18-5-4-6-19(15-18)17-28-14-13-23(24(28)29)27-33(30,31)22-11-9-21(10-12-22)32-20-7-2-1-3-8-20/h1-12,15-16,23,27H,13-14,17,25H2/t23-/m0/s1. The lowest BCUT2D eigenvalue weighted by atomic mass is 10.1. The molecule has 0 radical (unpaired) electrons. The number of nitrogens with two attached hydrogens (primary N) is 1. The van der Waals surface area contributed by atoms with Gasteiger partial charge in [-0.05, 0) is 60.0 Å². The van der Waals surface area contributed by atoms with Gasteiger partial charge >= 0.3 is 0 Å². The highest BCUT2D eigenvalue weighted by Crippen LogP contribution is 2.23. The minimum atomic E-state index is -3.86. The Kier molecular flexibility index (Phi) is 6.71. The highest BCUT2D eigenvalue weighted by atomic mass is 32.2. The smallest absolute Gasteiger partial charge is 0.241 e. The van der Waals surface area contributed by atoms with Crippen LogP contribution in [0.4, 0.5) is 0 Å². The maximum Gasteiger partial charge on any atom is 0.241 e. The molecule has 8 nitrogen and oxygen atoms in total. The van der Waals surface area contributed by atoms with Crippen LogP contribution in [0.1, 0.15) is 17.5 Å². The van der Waals surface area contributed by atoms with E-state index < -0.39 is 16.1 Å². The fourth-order valence-corrected chi connectivity index (χ4v) is 4.87. The summed E-state index contributed by atoms with van der Waals surface area (Å²) in [6.07, 6.45) is 1.93. The topological polar surface area (TPSA) is 114 Å². The van der Waals surface area contributed by atoms with Crippen molar-refractivity contribution in [3.05, 3.63) is 90.0 Å². The van der Waals surface area contributed by atoms with Crippen molar-refractivity contribution in [2.75, 3.05) is 6.54 Å². The van der Waals surface area contributed by atoms with E-state index in [1.54, 1.807) is 17.0 Å². The van der Waals surface area contributed by atoms with E-state index >= 15 is 0 Å². The number of likely N-dealkylation sites (tertiary alicyclic amines) is 1. The van der Waals surface area contributed by atoms with Gasteiger partial charge in [-0.15, -0.1) is 0 Å². The molecule has 0 unspecified atom stereocenters. The van der Waals surface area contributed by atoms with E-state index in [-0.39, 0.29) is 10.8 Å². The highest BCUT2D eigenvalue weighted by molar-refractivity contribution is 7.89. The van der Waals surface area contributed by atoms with E-state index in [1.165, 1.54) is 18.3 Å². The van der Waals surface area contributed by atoms with E-state index in [1.807, 2.05) is 54.6 Å². The van der Waals surface area contributed by atoms with Gasteiger partial charge in [0.25, 0.3) is 0 Å². The number of hydrazone groups is 1. The van der Waals surface area contributed by atoms with Gasteiger partial charge < -0.3 is 15.5 Å². The largest absolute Gasteiger partial charge is 0.457 e. The highest BCUT2D eigenvalue weighted by Gasteiger charge is 2.34. The molecule has 0 aliphatic carbocycles. The zero-order valence-corrected chi connectivity index (χ0v) is 18.6. The number of hydrogen-bond acceptors (Lipinski definition) is 6. The first-order chi connectivity index (χ1) is 15.9. The van der Waals surface area contributed by atoms with E-state index in [4.69, 9.17) is 10.6 Å². The monoisotopic (exact) mass is 464 g/mol. The summed E-state index contributed by atoms with van der Waals surface area (Å²) in [4.78, 5) is 14.5. The van der Waals surface area contributed by atoms with Crippen LogP contribution in [0.3, 0.4) is 0 Å². The Morgan fingerprint density at radius 3 is 2.48 bits per heavy atom. The number of benzene rings is 3. The van der Waals surface area contributed by atoms with Crippen LogP contribution in [0.25, 0.3) is 0 Å². The molecule has 9 heteroatoms. The summed E-state index contributed by atoms with van der Waals surface area (Å²) in [7, 11) is -3.86. The third kappa shape index (κ3) is 5.57. The van der Waals surface area contributed by atoms with Crippen LogP contribution >= 0.6 is 0 Å². The molecule has 170 valence electrons. The molecule has 1 atom stereocenters. The van der Waals surface area contributed by atoms with Gasteiger partial charge in [-0.2, -0.15) is 9.82 Å². The van der Waals surface area contributed by atoms with Crippen molar-refractivity contribution < 1.29 is 17.9 Å². The summed E-state index contributed by atoms with van der Waals surface area (Å²) in [6, 6.07) is 22.0. The number of carbonyl (C=O) groups excluding carboxylic acids is 1. The lowest BCUT2D eigenvalue weighted by Crippen LogP contribution is -2.41. The minimum Gasteiger partial charge on any atom is -0.457 e. The number of nitrogens with one attached hydrogen (secondary N) is 1. The van der Waals surface area contributed by atoms with Crippen LogP contribution in [-0.2, 0) is 21.4 Å². The zero-order valence-electron chi connectivity index (χ0n) is 17.8. The third-order valence-electron chi connectivity index (χ3n) is 5.26. The van der Waals surface area contributed by atoms with Crippen molar-refractivity contribution in [2.45, 2.75) is 23.9 Å². The van der Waals surface area contributed by atoms with Crippen molar-refractivity contribution >= 4 is 22.1 Å². The molecule has 0 bridgehead atoms. The number of sulfonamides is 1. The predicted molar refractivity (Wildman–Crippen MR) is 125 cm³/mol. The average molecular weight is 465 g/mol. The Morgan fingerprint density at radius 1 is 1.03 bits per heavy atom. The Labute approximate surface area is 192 Å². The van der Waals surface area contributed by atoms with Gasteiger partial charge in [0, 0.05) is 13.1 Å². The van der Waals surface area contributed by atoms with Crippen molar-refractivity contribution in [1.82, 2.24) is 9.62 Å². The quantitative estimate of drug-likeness (QED) is 0.302. The van der Waals surface area contributed by atoms with Crippen LogP contribution in [0.5, 0.6) is 11.5 Å². The molecular formula is C24H24N4O4S. The maximum absolute atomic E-state index is 12.8. The molecule has 1 saturated heterocycles.